The summed E-state index contributed by atoms with van der Waals surface area (Å²) < 4.78 is 0. The average molecular weight is 219 g/mol. The highest BCUT2D eigenvalue weighted by Crippen LogP contribution is 2.14. The van der Waals surface area contributed by atoms with E-state index in [1.807, 2.05) is 19.2 Å². The molecular formula is C11H13N3S. The molecule has 0 saturated heterocycles. The molecule has 1 N–H and O–H groups in total. The smallest absolute Gasteiger partial charge is 0.0898 e. The molecule has 78 valence electrons. The van der Waals surface area contributed by atoms with Gasteiger partial charge in [0.1, 0.15) is 0 Å². The lowest BCUT2D eigenvalue weighted by Gasteiger charge is -2.06. The van der Waals surface area contributed by atoms with Gasteiger partial charge in [0, 0.05) is 11.6 Å². The molecule has 0 unspecified atom stereocenters. The largest absolute Gasteiger partial charge is 0.378 e. The number of pyridine rings is 1. The monoisotopic (exact) mass is 219 g/mol. The zero-order valence-corrected chi connectivity index (χ0v) is 9.64. The molecule has 0 radical (unpaired) electrons. The van der Waals surface area contributed by atoms with Crippen LogP contribution in [0, 0.1) is 13.8 Å². The highest BCUT2D eigenvalue weighted by molar-refractivity contribution is 7.09. The normalized spacial score (nSPS) is 10.3. The van der Waals surface area contributed by atoms with Gasteiger partial charge in [-0.3, -0.25) is 4.98 Å². The minimum Gasteiger partial charge on any atom is -0.378 e. The lowest BCUT2D eigenvalue weighted by atomic mass is 10.2. The van der Waals surface area contributed by atoms with Crippen LogP contribution < -0.4 is 5.32 Å². The summed E-state index contributed by atoms with van der Waals surface area (Å²) in [5.41, 5.74) is 3.36. The number of aromatic nitrogens is 2. The Labute approximate surface area is 93.2 Å². The second-order valence-corrected chi connectivity index (χ2v) is 4.46. The van der Waals surface area contributed by atoms with Crippen LogP contribution in [0.5, 0.6) is 0 Å². The Morgan fingerprint density at radius 2 is 2.27 bits per heavy atom. The van der Waals surface area contributed by atoms with Gasteiger partial charge in [-0.05, 0) is 25.5 Å². The molecule has 0 aliphatic heterocycles. The number of anilines is 1. The van der Waals surface area contributed by atoms with E-state index >= 15 is 0 Å². The Balaban J connectivity index is 2.02. The van der Waals surface area contributed by atoms with Crippen molar-refractivity contribution in [3.05, 3.63) is 40.1 Å². The molecule has 2 heterocycles. The van der Waals surface area contributed by atoms with E-state index < -0.39 is 0 Å². The molecule has 2 aromatic rings. The van der Waals surface area contributed by atoms with E-state index in [2.05, 4.69) is 27.6 Å². The second-order valence-electron chi connectivity index (χ2n) is 3.40. The standard InChI is InChI=1S/C11H13N3S/c1-8-3-4-12-6-11(8)13-5-10-7-15-9(2)14-10/h3-4,6-7,13H,5H2,1-2H3. The average Bonchev–Trinajstić information content (AvgIpc) is 2.63. The first-order chi connectivity index (χ1) is 7.25. The van der Waals surface area contributed by atoms with Gasteiger partial charge < -0.3 is 5.32 Å². The van der Waals surface area contributed by atoms with E-state index in [1.54, 1.807) is 17.5 Å². The number of aryl methyl sites for hydroxylation is 2. The number of hydrogen-bond acceptors (Lipinski definition) is 4. The second kappa shape index (κ2) is 4.40. The van der Waals surface area contributed by atoms with Crippen LogP contribution in [-0.2, 0) is 6.54 Å². The molecule has 2 rings (SSSR count). The van der Waals surface area contributed by atoms with Crippen molar-refractivity contribution in [2.24, 2.45) is 0 Å². The van der Waals surface area contributed by atoms with E-state index in [4.69, 9.17) is 0 Å². The molecule has 4 heteroatoms. The van der Waals surface area contributed by atoms with Gasteiger partial charge in [0.25, 0.3) is 0 Å². The van der Waals surface area contributed by atoms with Gasteiger partial charge in [-0.25, -0.2) is 4.98 Å². The maximum atomic E-state index is 4.39. The van der Waals surface area contributed by atoms with E-state index in [0.29, 0.717) is 0 Å². The number of rotatable bonds is 3. The Hall–Kier alpha value is -1.42. The third-order valence-corrected chi connectivity index (χ3v) is 2.99. The molecule has 0 amide bonds. The Kier molecular flexibility index (Phi) is 2.97. The first-order valence-corrected chi connectivity index (χ1v) is 5.69. The van der Waals surface area contributed by atoms with E-state index in [0.717, 1.165) is 22.9 Å². The predicted molar refractivity (Wildman–Crippen MR) is 63.2 cm³/mol. The first-order valence-electron chi connectivity index (χ1n) is 4.81. The highest BCUT2D eigenvalue weighted by atomic mass is 32.1. The van der Waals surface area contributed by atoms with Gasteiger partial charge in [-0.1, -0.05) is 0 Å². The quantitative estimate of drug-likeness (QED) is 0.862. The van der Waals surface area contributed by atoms with Crippen molar-refractivity contribution >= 4 is 17.0 Å². The van der Waals surface area contributed by atoms with Crippen LogP contribution in [0.25, 0.3) is 0 Å². The Bertz CT molecular complexity index is 451. The molecule has 0 spiro atoms. The van der Waals surface area contributed by atoms with Crippen LogP contribution in [0.2, 0.25) is 0 Å². The third-order valence-electron chi connectivity index (χ3n) is 2.17. The molecule has 3 nitrogen and oxygen atoms in total. The summed E-state index contributed by atoms with van der Waals surface area (Å²) in [5, 5.41) is 6.51. The molecule has 0 atom stereocenters. The van der Waals surface area contributed by atoms with E-state index in [-0.39, 0.29) is 0 Å². The van der Waals surface area contributed by atoms with Gasteiger partial charge in [0.05, 0.1) is 29.1 Å². The molecule has 15 heavy (non-hydrogen) atoms. The molecule has 0 saturated carbocycles. The Morgan fingerprint density at radius 1 is 1.40 bits per heavy atom. The predicted octanol–water partition coefficient (Wildman–Crippen LogP) is 2.77. The van der Waals surface area contributed by atoms with Crippen molar-refractivity contribution in [1.29, 1.82) is 0 Å². The van der Waals surface area contributed by atoms with Crippen molar-refractivity contribution in [2.45, 2.75) is 20.4 Å². The summed E-state index contributed by atoms with van der Waals surface area (Å²) in [5.74, 6) is 0. The van der Waals surface area contributed by atoms with Crippen molar-refractivity contribution < 1.29 is 0 Å². The molecular weight excluding hydrogens is 206 g/mol. The van der Waals surface area contributed by atoms with Crippen molar-refractivity contribution in [2.75, 3.05) is 5.32 Å². The molecule has 0 fully saturated rings. The maximum Gasteiger partial charge on any atom is 0.0898 e. The topological polar surface area (TPSA) is 37.8 Å². The van der Waals surface area contributed by atoms with Crippen LogP contribution >= 0.6 is 11.3 Å². The van der Waals surface area contributed by atoms with Gasteiger partial charge in [-0.15, -0.1) is 11.3 Å². The van der Waals surface area contributed by atoms with Crippen LogP contribution in [0.1, 0.15) is 16.3 Å². The van der Waals surface area contributed by atoms with Crippen molar-refractivity contribution in [3.63, 3.8) is 0 Å². The van der Waals surface area contributed by atoms with E-state index in [9.17, 15) is 0 Å². The SMILES string of the molecule is Cc1nc(CNc2cnccc2C)cs1. The van der Waals surface area contributed by atoms with Crippen LogP contribution in [0.15, 0.2) is 23.8 Å². The number of hydrogen-bond donors (Lipinski definition) is 1. The molecule has 0 aliphatic rings. The Morgan fingerprint density at radius 3 is 2.93 bits per heavy atom. The zero-order valence-electron chi connectivity index (χ0n) is 8.82. The van der Waals surface area contributed by atoms with Gasteiger partial charge in [0.15, 0.2) is 0 Å². The van der Waals surface area contributed by atoms with Gasteiger partial charge in [-0.2, -0.15) is 0 Å². The van der Waals surface area contributed by atoms with Crippen LogP contribution in [-0.4, -0.2) is 9.97 Å². The van der Waals surface area contributed by atoms with Crippen LogP contribution in [0.3, 0.4) is 0 Å². The summed E-state index contributed by atoms with van der Waals surface area (Å²) >= 11 is 1.68. The molecule has 0 aliphatic carbocycles. The summed E-state index contributed by atoms with van der Waals surface area (Å²) in [6.07, 6.45) is 3.64. The van der Waals surface area contributed by atoms with Gasteiger partial charge >= 0.3 is 0 Å². The maximum absolute atomic E-state index is 4.39. The number of nitrogens with one attached hydrogen (secondary N) is 1. The minimum atomic E-state index is 0.761. The highest BCUT2D eigenvalue weighted by Gasteiger charge is 2.00. The minimum absolute atomic E-state index is 0.761. The lowest BCUT2D eigenvalue weighted by Crippen LogP contribution is -2.01. The van der Waals surface area contributed by atoms with Gasteiger partial charge in [0.2, 0.25) is 0 Å². The van der Waals surface area contributed by atoms with Crippen molar-refractivity contribution in [1.82, 2.24) is 9.97 Å². The fourth-order valence-electron chi connectivity index (χ4n) is 1.32. The summed E-state index contributed by atoms with van der Waals surface area (Å²) in [6.45, 7) is 4.84. The summed E-state index contributed by atoms with van der Waals surface area (Å²) in [6, 6.07) is 1.99. The van der Waals surface area contributed by atoms with E-state index in [1.165, 1.54) is 5.56 Å². The number of thiazole rings is 1. The molecule has 2 aromatic heterocycles. The molecule has 0 aromatic carbocycles. The van der Waals surface area contributed by atoms with Crippen LogP contribution in [0.4, 0.5) is 5.69 Å². The fourth-order valence-corrected chi connectivity index (χ4v) is 1.94. The summed E-state index contributed by atoms with van der Waals surface area (Å²) in [4.78, 5) is 8.47. The summed E-state index contributed by atoms with van der Waals surface area (Å²) in [7, 11) is 0. The van der Waals surface area contributed by atoms with Crippen molar-refractivity contribution in [3.8, 4) is 0 Å². The third kappa shape index (κ3) is 2.53. The first kappa shape index (κ1) is 10.1. The molecule has 0 bridgehead atoms. The number of nitrogens with zero attached hydrogens (tertiary/aromatic N) is 2. The lowest BCUT2D eigenvalue weighted by molar-refractivity contribution is 1.05. The zero-order chi connectivity index (χ0) is 10.7. The fraction of sp³-hybridized carbons (Fsp3) is 0.273.